The van der Waals surface area contributed by atoms with Crippen LogP contribution in [-0.4, -0.2) is 58.2 Å². The van der Waals surface area contributed by atoms with E-state index in [1.807, 2.05) is 38.1 Å². The van der Waals surface area contributed by atoms with Crippen molar-refractivity contribution in [2.75, 3.05) is 31.1 Å². The van der Waals surface area contributed by atoms with E-state index in [0.717, 1.165) is 49.9 Å². The zero-order valence-corrected chi connectivity index (χ0v) is 16.1. The Hall–Kier alpha value is -2.67. The predicted molar refractivity (Wildman–Crippen MR) is 103 cm³/mol. The maximum Gasteiger partial charge on any atom is 0.344 e. The van der Waals surface area contributed by atoms with Gasteiger partial charge in [0.05, 0.1) is 11.4 Å². The highest BCUT2D eigenvalue weighted by Gasteiger charge is 2.20. The maximum absolute atomic E-state index is 10.9. The molecule has 2 aromatic rings. The number of hydrogen-bond acceptors (Lipinski definition) is 6. The Balaban J connectivity index is 1.53. The van der Waals surface area contributed by atoms with Gasteiger partial charge in [0, 0.05) is 38.9 Å². The third-order valence-electron chi connectivity index (χ3n) is 4.71. The molecule has 1 aliphatic rings. The molecule has 1 aliphatic heterocycles. The molecule has 1 N–H and O–H groups in total. The number of aryl methyl sites for hydroxylation is 2. The minimum atomic E-state index is -0.967. The van der Waals surface area contributed by atoms with Crippen molar-refractivity contribution in [3.05, 3.63) is 47.4 Å². The minimum Gasteiger partial charge on any atom is -0.479 e. The zero-order chi connectivity index (χ0) is 19.4. The van der Waals surface area contributed by atoms with E-state index in [1.165, 1.54) is 12.5 Å². The fraction of sp³-hybridized carbons (Fsp3) is 0.450. The van der Waals surface area contributed by atoms with Crippen LogP contribution in [0.4, 0.5) is 5.82 Å². The highest BCUT2D eigenvalue weighted by molar-refractivity contribution is 5.72. The first-order chi connectivity index (χ1) is 12.9. The number of hydrogen-bond donors (Lipinski definition) is 1. The summed E-state index contributed by atoms with van der Waals surface area (Å²) in [6.07, 6.45) is 0.955. The smallest absolute Gasteiger partial charge is 0.344 e. The van der Waals surface area contributed by atoms with E-state index >= 15 is 0 Å². The summed E-state index contributed by atoms with van der Waals surface area (Å²) in [7, 11) is 0. The van der Waals surface area contributed by atoms with Crippen LogP contribution in [0.1, 0.15) is 23.9 Å². The van der Waals surface area contributed by atoms with E-state index in [9.17, 15) is 4.79 Å². The van der Waals surface area contributed by atoms with Gasteiger partial charge >= 0.3 is 5.97 Å². The van der Waals surface area contributed by atoms with E-state index in [1.54, 1.807) is 6.20 Å². The van der Waals surface area contributed by atoms with Crippen LogP contribution in [0, 0.1) is 13.8 Å². The number of nitrogens with zero attached hydrogens (tertiary/aromatic N) is 4. The summed E-state index contributed by atoms with van der Waals surface area (Å²) >= 11 is 0. The van der Waals surface area contributed by atoms with Crippen molar-refractivity contribution in [1.29, 1.82) is 0 Å². The van der Waals surface area contributed by atoms with E-state index in [0.29, 0.717) is 5.75 Å². The van der Waals surface area contributed by atoms with Gasteiger partial charge in [-0.25, -0.2) is 9.78 Å². The fourth-order valence-corrected chi connectivity index (χ4v) is 3.13. The van der Waals surface area contributed by atoms with Gasteiger partial charge in [0.2, 0.25) is 0 Å². The van der Waals surface area contributed by atoms with Crippen LogP contribution in [0.15, 0.2) is 30.5 Å². The second-order valence-electron chi connectivity index (χ2n) is 6.93. The largest absolute Gasteiger partial charge is 0.479 e. The SMILES string of the molecule is Cc1cnc(C)c(N2CCN(Cc3ccc(OC(C)C(=O)O)cc3)CC2)n1. The van der Waals surface area contributed by atoms with Crippen LogP contribution in [0.5, 0.6) is 5.75 Å². The molecule has 144 valence electrons. The van der Waals surface area contributed by atoms with Crippen LogP contribution in [0.3, 0.4) is 0 Å². The molecule has 0 amide bonds. The minimum absolute atomic E-state index is 0.576. The first-order valence-corrected chi connectivity index (χ1v) is 9.18. The Morgan fingerprint density at radius 1 is 1.19 bits per heavy atom. The summed E-state index contributed by atoms with van der Waals surface area (Å²) in [5.74, 6) is 0.598. The van der Waals surface area contributed by atoms with Crippen molar-refractivity contribution in [2.45, 2.75) is 33.4 Å². The summed E-state index contributed by atoms with van der Waals surface area (Å²) < 4.78 is 5.37. The van der Waals surface area contributed by atoms with Gasteiger partial charge in [-0.1, -0.05) is 12.1 Å². The lowest BCUT2D eigenvalue weighted by molar-refractivity contribution is -0.144. The van der Waals surface area contributed by atoms with Gasteiger partial charge in [0.1, 0.15) is 11.6 Å². The van der Waals surface area contributed by atoms with E-state index in [4.69, 9.17) is 9.84 Å². The first-order valence-electron chi connectivity index (χ1n) is 9.18. The Morgan fingerprint density at radius 3 is 2.48 bits per heavy atom. The van der Waals surface area contributed by atoms with Crippen molar-refractivity contribution >= 4 is 11.8 Å². The Kier molecular flexibility index (Phi) is 5.91. The molecule has 2 heterocycles. The molecule has 7 heteroatoms. The normalized spacial score (nSPS) is 16.2. The van der Waals surface area contributed by atoms with Crippen LogP contribution < -0.4 is 9.64 Å². The van der Waals surface area contributed by atoms with Gasteiger partial charge in [-0.05, 0) is 38.5 Å². The quantitative estimate of drug-likeness (QED) is 0.835. The number of aliphatic carboxylic acids is 1. The Labute approximate surface area is 159 Å². The van der Waals surface area contributed by atoms with Gasteiger partial charge in [-0.2, -0.15) is 0 Å². The molecule has 7 nitrogen and oxygen atoms in total. The van der Waals surface area contributed by atoms with Crippen LogP contribution in [0.2, 0.25) is 0 Å². The fourth-order valence-electron chi connectivity index (χ4n) is 3.13. The molecule has 1 aromatic carbocycles. The number of anilines is 1. The van der Waals surface area contributed by atoms with E-state index < -0.39 is 12.1 Å². The average molecular weight is 370 g/mol. The highest BCUT2D eigenvalue weighted by atomic mass is 16.5. The summed E-state index contributed by atoms with van der Waals surface area (Å²) in [5.41, 5.74) is 3.10. The molecule has 0 aliphatic carbocycles. The van der Waals surface area contributed by atoms with Crippen molar-refractivity contribution in [3.63, 3.8) is 0 Å². The molecule has 1 aromatic heterocycles. The molecule has 0 bridgehead atoms. The van der Waals surface area contributed by atoms with Gasteiger partial charge < -0.3 is 14.7 Å². The molecule has 1 unspecified atom stereocenters. The molecule has 0 radical (unpaired) electrons. The standard InChI is InChI=1S/C20H26N4O3/c1-14-12-21-15(2)19(22-14)24-10-8-23(9-11-24)13-17-4-6-18(7-5-17)27-16(3)20(25)26/h4-7,12,16H,8-11,13H2,1-3H3,(H,25,26). The number of rotatable bonds is 6. The number of carbonyl (C=O) groups is 1. The molecular formula is C20H26N4O3. The first kappa shape index (κ1) is 19.1. The van der Waals surface area contributed by atoms with Gasteiger partial charge in [0.15, 0.2) is 6.10 Å². The third kappa shape index (κ3) is 4.95. The lowest BCUT2D eigenvalue weighted by atomic mass is 10.2. The summed E-state index contributed by atoms with van der Waals surface area (Å²) in [6.45, 7) is 10.1. The zero-order valence-electron chi connectivity index (χ0n) is 16.1. The molecule has 27 heavy (non-hydrogen) atoms. The number of carboxylic acids is 1. The summed E-state index contributed by atoms with van der Waals surface area (Å²) in [5, 5.41) is 8.91. The van der Waals surface area contributed by atoms with Gasteiger partial charge in [0.25, 0.3) is 0 Å². The maximum atomic E-state index is 10.9. The van der Waals surface area contributed by atoms with Crippen LogP contribution in [0.25, 0.3) is 0 Å². The summed E-state index contributed by atoms with van der Waals surface area (Å²) in [6, 6.07) is 7.65. The van der Waals surface area contributed by atoms with Crippen molar-refractivity contribution in [1.82, 2.24) is 14.9 Å². The van der Waals surface area contributed by atoms with Crippen LogP contribution in [-0.2, 0) is 11.3 Å². The Morgan fingerprint density at radius 2 is 1.85 bits per heavy atom. The summed E-state index contributed by atoms with van der Waals surface area (Å²) in [4.78, 5) is 24.6. The van der Waals surface area contributed by atoms with Crippen molar-refractivity contribution < 1.29 is 14.6 Å². The van der Waals surface area contributed by atoms with Crippen molar-refractivity contribution in [2.24, 2.45) is 0 Å². The topological polar surface area (TPSA) is 78.8 Å². The number of carboxylic acid groups (broad SMARTS) is 1. The number of piperazine rings is 1. The molecule has 0 saturated carbocycles. The monoisotopic (exact) mass is 370 g/mol. The molecule has 1 fully saturated rings. The van der Waals surface area contributed by atoms with Gasteiger partial charge in [-0.15, -0.1) is 0 Å². The third-order valence-corrected chi connectivity index (χ3v) is 4.71. The molecule has 1 atom stereocenters. The molecular weight excluding hydrogens is 344 g/mol. The molecule has 1 saturated heterocycles. The lowest BCUT2D eigenvalue weighted by Crippen LogP contribution is -2.46. The molecule has 0 spiro atoms. The second-order valence-corrected chi connectivity index (χ2v) is 6.93. The number of ether oxygens (including phenoxy) is 1. The van der Waals surface area contributed by atoms with Gasteiger partial charge in [-0.3, -0.25) is 9.88 Å². The van der Waals surface area contributed by atoms with E-state index in [2.05, 4.69) is 19.8 Å². The highest BCUT2D eigenvalue weighted by Crippen LogP contribution is 2.19. The predicted octanol–water partition coefficient (Wildman–Crippen LogP) is 2.27. The van der Waals surface area contributed by atoms with E-state index in [-0.39, 0.29) is 0 Å². The number of aromatic nitrogens is 2. The van der Waals surface area contributed by atoms with Crippen molar-refractivity contribution in [3.8, 4) is 5.75 Å². The lowest BCUT2D eigenvalue weighted by Gasteiger charge is -2.35. The second kappa shape index (κ2) is 8.35. The van der Waals surface area contributed by atoms with Crippen LogP contribution >= 0.6 is 0 Å². The Bertz CT molecular complexity index is 786. The molecule has 3 rings (SSSR count). The number of benzene rings is 1. The average Bonchev–Trinajstić information content (AvgIpc) is 2.66.